The summed E-state index contributed by atoms with van der Waals surface area (Å²) in [6.45, 7) is 1.20. The van der Waals surface area contributed by atoms with Crippen LogP contribution in [0.4, 0.5) is 0 Å². The Morgan fingerprint density at radius 1 is 1.38 bits per heavy atom. The number of aromatic nitrogens is 1. The first-order valence-electron chi connectivity index (χ1n) is 12.1. The average Bonchev–Trinajstić information content (AvgIpc) is 3.61. The molecule has 4 N–H and O–H groups in total. The smallest absolute Gasteiger partial charge is 0.270 e. The number of likely N-dealkylation sites (tertiary alicyclic amines) is 1. The second kappa shape index (κ2) is 9.28. The number of aliphatic hydroxyl groups is 1. The minimum atomic E-state index is -1.05. The van der Waals surface area contributed by atoms with E-state index >= 15 is 0 Å². The summed E-state index contributed by atoms with van der Waals surface area (Å²) in [5, 5.41) is 27.6. The van der Waals surface area contributed by atoms with Gasteiger partial charge in [-0.3, -0.25) is 14.9 Å². The summed E-state index contributed by atoms with van der Waals surface area (Å²) in [6, 6.07) is 8.53. The Bertz CT molecular complexity index is 1120. The number of methoxy groups -OCH3 is 1. The molecule has 0 bridgehead atoms. The average molecular weight is 466 g/mol. The van der Waals surface area contributed by atoms with Gasteiger partial charge in [-0.25, -0.2) is 0 Å². The standard InChI is InChI=1S/C25H31N5O4/c1-34-21-7-3-6-19-18(21)11-20(29-19)25(33)30-13-15-4-2-5-17(15)22(30)24(32)28-16(12-26)10-14-8-9-27-23(14)31/h3,6-7,11,14-17,22,24,28-29,32H,2,4-5,8-10,13H2,1H3,(H,27,31). The van der Waals surface area contributed by atoms with Crippen molar-refractivity contribution in [2.24, 2.45) is 17.8 Å². The summed E-state index contributed by atoms with van der Waals surface area (Å²) in [6.07, 6.45) is 3.04. The first kappa shape index (κ1) is 22.7. The lowest BCUT2D eigenvalue weighted by atomic mass is 9.92. The van der Waals surface area contributed by atoms with Gasteiger partial charge in [-0.1, -0.05) is 12.5 Å². The van der Waals surface area contributed by atoms with E-state index in [1.54, 1.807) is 18.1 Å². The van der Waals surface area contributed by atoms with Crippen LogP contribution in [0.25, 0.3) is 10.9 Å². The van der Waals surface area contributed by atoms with E-state index in [1.807, 2.05) is 18.2 Å². The molecule has 3 fully saturated rings. The predicted molar refractivity (Wildman–Crippen MR) is 125 cm³/mol. The third kappa shape index (κ3) is 4.01. The Hall–Kier alpha value is -3.09. The van der Waals surface area contributed by atoms with Gasteiger partial charge in [0.15, 0.2) is 0 Å². The van der Waals surface area contributed by atoms with Crippen LogP contribution in [0.3, 0.4) is 0 Å². The highest BCUT2D eigenvalue weighted by Crippen LogP contribution is 2.44. The number of H-pyrrole nitrogens is 1. The van der Waals surface area contributed by atoms with E-state index in [0.717, 1.165) is 30.2 Å². The van der Waals surface area contributed by atoms with E-state index in [2.05, 4.69) is 21.7 Å². The number of nitrogens with one attached hydrogen (secondary N) is 3. The number of fused-ring (bicyclic) bond motifs is 2. The first-order valence-corrected chi connectivity index (χ1v) is 12.1. The van der Waals surface area contributed by atoms with Crippen LogP contribution >= 0.6 is 0 Å². The highest BCUT2D eigenvalue weighted by molar-refractivity contribution is 6.00. The molecular weight excluding hydrogens is 434 g/mol. The highest BCUT2D eigenvalue weighted by atomic mass is 16.5. The van der Waals surface area contributed by atoms with Crippen LogP contribution in [0, 0.1) is 29.1 Å². The number of rotatable bonds is 7. The molecule has 3 aliphatic rings. The molecule has 9 nitrogen and oxygen atoms in total. The van der Waals surface area contributed by atoms with Crippen molar-refractivity contribution in [1.82, 2.24) is 20.5 Å². The third-order valence-corrected chi connectivity index (χ3v) is 7.82. The molecule has 2 saturated heterocycles. The van der Waals surface area contributed by atoms with Crippen LogP contribution in [-0.2, 0) is 4.79 Å². The topological polar surface area (TPSA) is 130 Å². The van der Waals surface area contributed by atoms with Gasteiger partial charge in [0.1, 0.15) is 17.7 Å². The van der Waals surface area contributed by atoms with Crippen molar-refractivity contribution in [2.75, 3.05) is 20.2 Å². The zero-order chi connectivity index (χ0) is 23.8. The number of nitrogens with zero attached hydrogens (tertiary/aromatic N) is 2. The van der Waals surface area contributed by atoms with Crippen molar-refractivity contribution >= 4 is 22.7 Å². The van der Waals surface area contributed by atoms with Crippen LogP contribution in [0.1, 0.15) is 42.6 Å². The molecule has 1 aromatic carbocycles. The monoisotopic (exact) mass is 465 g/mol. The van der Waals surface area contributed by atoms with Crippen molar-refractivity contribution in [3.8, 4) is 11.8 Å². The minimum absolute atomic E-state index is 0.0423. The molecule has 0 spiro atoms. The summed E-state index contributed by atoms with van der Waals surface area (Å²) in [5.74, 6) is 0.773. The molecule has 1 aliphatic carbocycles. The predicted octanol–water partition coefficient (Wildman–Crippen LogP) is 1.74. The summed E-state index contributed by atoms with van der Waals surface area (Å²) < 4.78 is 5.43. The fourth-order valence-electron chi connectivity index (χ4n) is 6.16. The molecule has 3 heterocycles. The van der Waals surface area contributed by atoms with Crippen molar-refractivity contribution in [3.63, 3.8) is 0 Å². The minimum Gasteiger partial charge on any atom is -0.496 e. The first-order chi connectivity index (χ1) is 16.5. The van der Waals surface area contributed by atoms with Crippen molar-refractivity contribution in [1.29, 1.82) is 5.26 Å². The van der Waals surface area contributed by atoms with Crippen LogP contribution in [0.5, 0.6) is 5.75 Å². The molecule has 2 amide bonds. The van der Waals surface area contributed by atoms with E-state index in [9.17, 15) is 20.0 Å². The van der Waals surface area contributed by atoms with Gasteiger partial charge in [-0.05, 0) is 55.7 Å². The Kier molecular flexibility index (Phi) is 6.19. The molecular formula is C25H31N5O4. The fraction of sp³-hybridized carbons (Fsp3) is 0.560. The largest absolute Gasteiger partial charge is 0.496 e. The maximum atomic E-state index is 13.6. The normalized spacial score (nSPS) is 27.9. The number of amides is 2. The number of ether oxygens (including phenoxy) is 1. The van der Waals surface area contributed by atoms with E-state index in [0.29, 0.717) is 43.3 Å². The number of benzene rings is 1. The van der Waals surface area contributed by atoms with Crippen molar-refractivity contribution in [3.05, 3.63) is 30.0 Å². The summed E-state index contributed by atoms with van der Waals surface area (Å²) in [4.78, 5) is 30.6. The fourth-order valence-corrected chi connectivity index (χ4v) is 6.16. The van der Waals surface area contributed by atoms with Gasteiger partial charge in [-0.2, -0.15) is 5.26 Å². The van der Waals surface area contributed by atoms with Crippen LogP contribution in [0.2, 0.25) is 0 Å². The Labute approximate surface area is 198 Å². The second-order valence-electron chi connectivity index (χ2n) is 9.71. The molecule has 1 aromatic heterocycles. The number of nitriles is 1. The molecule has 6 unspecified atom stereocenters. The Morgan fingerprint density at radius 3 is 2.97 bits per heavy atom. The van der Waals surface area contributed by atoms with Gasteiger partial charge in [0, 0.05) is 29.9 Å². The molecule has 9 heteroatoms. The molecule has 180 valence electrons. The molecule has 34 heavy (non-hydrogen) atoms. The van der Waals surface area contributed by atoms with Gasteiger partial charge in [0.25, 0.3) is 5.91 Å². The van der Waals surface area contributed by atoms with E-state index in [-0.39, 0.29) is 23.7 Å². The third-order valence-electron chi connectivity index (χ3n) is 7.82. The van der Waals surface area contributed by atoms with Crippen molar-refractivity contribution < 1.29 is 19.4 Å². The van der Waals surface area contributed by atoms with Gasteiger partial charge in [0.05, 0.1) is 25.3 Å². The van der Waals surface area contributed by atoms with Gasteiger partial charge < -0.3 is 25.0 Å². The van der Waals surface area contributed by atoms with Crippen LogP contribution in [-0.4, -0.2) is 65.3 Å². The zero-order valence-corrected chi connectivity index (χ0v) is 19.3. The lowest BCUT2D eigenvalue weighted by Crippen LogP contribution is -2.54. The molecule has 1 saturated carbocycles. The highest BCUT2D eigenvalue weighted by Gasteiger charge is 2.49. The van der Waals surface area contributed by atoms with Crippen LogP contribution < -0.4 is 15.4 Å². The van der Waals surface area contributed by atoms with Crippen molar-refractivity contribution in [2.45, 2.75) is 50.4 Å². The SMILES string of the molecule is COc1cccc2[nH]c(C(=O)N3CC4CCCC4C3C(O)NC(C#N)CC3CCNC3=O)cc12. The number of carbonyl (C=O) groups excluding carboxylic acids is 2. The van der Waals surface area contributed by atoms with Gasteiger partial charge in [-0.15, -0.1) is 0 Å². The molecule has 2 aromatic rings. The van der Waals surface area contributed by atoms with Crippen LogP contribution in [0.15, 0.2) is 24.3 Å². The number of aliphatic hydroxyl groups excluding tert-OH is 1. The molecule has 5 rings (SSSR count). The number of carbonyl (C=O) groups is 2. The lowest BCUT2D eigenvalue weighted by molar-refractivity contribution is -0.122. The van der Waals surface area contributed by atoms with Gasteiger partial charge >= 0.3 is 0 Å². The summed E-state index contributed by atoms with van der Waals surface area (Å²) in [7, 11) is 1.60. The number of hydrogen-bond acceptors (Lipinski definition) is 6. The number of aromatic amines is 1. The molecule has 2 aliphatic heterocycles. The lowest BCUT2D eigenvalue weighted by Gasteiger charge is -2.33. The summed E-state index contributed by atoms with van der Waals surface area (Å²) in [5.41, 5.74) is 1.27. The Balaban J connectivity index is 1.37. The van der Waals surface area contributed by atoms with Gasteiger partial charge in [0.2, 0.25) is 5.91 Å². The molecule has 6 atom stereocenters. The quantitative estimate of drug-likeness (QED) is 0.461. The summed E-state index contributed by atoms with van der Waals surface area (Å²) >= 11 is 0. The zero-order valence-electron chi connectivity index (χ0n) is 19.3. The van der Waals surface area contributed by atoms with E-state index in [1.165, 1.54) is 0 Å². The second-order valence-corrected chi connectivity index (χ2v) is 9.71. The molecule has 0 radical (unpaired) electrons. The number of hydrogen-bond donors (Lipinski definition) is 4. The maximum Gasteiger partial charge on any atom is 0.270 e. The van der Waals surface area contributed by atoms with E-state index in [4.69, 9.17) is 4.74 Å². The Morgan fingerprint density at radius 2 is 2.24 bits per heavy atom. The maximum absolute atomic E-state index is 13.6. The van der Waals surface area contributed by atoms with E-state index < -0.39 is 18.3 Å².